The zero-order chi connectivity index (χ0) is 23.1. The van der Waals surface area contributed by atoms with E-state index in [1.54, 1.807) is 0 Å². The SMILES string of the molecule is CCCCCCCCCCCCOc1ccc(-c2ccc(C3CCC(CC)CC3)cc2)cc1. The van der Waals surface area contributed by atoms with E-state index >= 15 is 0 Å². The van der Waals surface area contributed by atoms with E-state index in [4.69, 9.17) is 4.74 Å². The van der Waals surface area contributed by atoms with Crippen molar-refractivity contribution in [2.45, 2.75) is 116 Å². The van der Waals surface area contributed by atoms with Gasteiger partial charge in [-0.2, -0.15) is 0 Å². The summed E-state index contributed by atoms with van der Waals surface area (Å²) >= 11 is 0. The Balaban J connectivity index is 1.31. The van der Waals surface area contributed by atoms with Gasteiger partial charge in [-0.1, -0.05) is 114 Å². The van der Waals surface area contributed by atoms with Gasteiger partial charge in [0, 0.05) is 0 Å². The molecule has 0 aromatic heterocycles. The van der Waals surface area contributed by atoms with Crippen LogP contribution >= 0.6 is 0 Å². The quantitative estimate of drug-likeness (QED) is 0.246. The van der Waals surface area contributed by atoms with Crippen LogP contribution in [0.4, 0.5) is 0 Å². The lowest BCUT2D eigenvalue weighted by atomic mass is 9.77. The Morgan fingerprint density at radius 1 is 0.606 bits per heavy atom. The number of benzene rings is 2. The molecule has 1 fully saturated rings. The Hall–Kier alpha value is -1.76. The molecule has 0 aliphatic heterocycles. The van der Waals surface area contributed by atoms with Gasteiger partial charge in [-0.15, -0.1) is 0 Å². The van der Waals surface area contributed by atoms with E-state index in [9.17, 15) is 0 Å². The van der Waals surface area contributed by atoms with Crippen molar-refractivity contribution in [2.24, 2.45) is 5.92 Å². The summed E-state index contributed by atoms with van der Waals surface area (Å²) < 4.78 is 5.99. The topological polar surface area (TPSA) is 9.23 Å². The highest BCUT2D eigenvalue weighted by molar-refractivity contribution is 5.64. The summed E-state index contributed by atoms with van der Waals surface area (Å²) in [5.74, 6) is 2.73. The molecule has 0 saturated heterocycles. The Kier molecular flexibility index (Phi) is 11.9. The Bertz CT molecular complexity index is 737. The van der Waals surface area contributed by atoms with Crippen molar-refractivity contribution in [2.75, 3.05) is 6.61 Å². The third-order valence-electron chi connectivity index (χ3n) is 7.76. The number of rotatable bonds is 15. The molecule has 3 rings (SSSR count). The van der Waals surface area contributed by atoms with Crippen molar-refractivity contribution in [3.8, 4) is 16.9 Å². The fourth-order valence-electron chi connectivity index (χ4n) is 5.37. The normalized spacial score (nSPS) is 18.4. The van der Waals surface area contributed by atoms with Crippen LogP contribution in [0.5, 0.6) is 5.75 Å². The number of hydrogen-bond acceptors (Lipinski definition) is 1. The van der Waals surface area contributed by atoms with E-state index < -0.39 is 0 Å². The monoisotopic (exact) mass is 448 g/mol. The van der Waals surface area contributed by atoms with Gasteiger partial charge >= 0.3 is 0 Å². The second-order valence-electron chi connectivity index (χ2n) is 10.3. The lowest BCUT2D eigenvalue weighted by molar-refractivity contribution is 0.304. The zero-order valence-electron chi connectivity index (χ0n) is 21.5. The van der Waals surface area contributed by atoms with Crippen LogP contribution in [0.3, 0.4) is 0 Å². The van der Waals surface area contributed by atoms with Crippen LogP contribution in [0.1, 0.15) is 122 Å². The fraction of sp³-hybridized carbons (Fsp3) is 0.625. The van der Waals surface area contributed by atoms with Crippen LogP contribution in [0.2, 0.25) is 0 Å². The van der Waals surface area contributed by atoms with Gasteiger partial charge in [-0.05, 0) is 72.8 Å². The second kappa shape index (κ2) is 15.2. The lowest BCUT2D eigenvalue weighted by Crippen LogP contribution is -2.12. The van der Waals surface area contributed by atoms with Crippen LogP contribution < -0.4 is 4.74 Å². The molecule has 0 radical (unpaired) electrons. The number of hydrogen-bond donors (Lipinski definition) is 0. The zero-order valence-corrected chi connectivity index (χ0v) is 21.5. The van der Waals surface area contributed by atoms with Crippen LogP contribution in [0, 0.1) is 5.92 Å². The molecule has 1 nitrogen and oxygen atoms in total. The van der Waals surface area contributed by atoms with E-state index in [0.717, 1.165) is 24.2 Å². The van der Waals surface area contributed by atoms with Gasteiger partial charge in [0.2, 0.25) is 0 Å². The molecule has 0 atom stereocenters. The molecule has 33 heavy (non-hydrogen) atoms. The minimum absolute atomic E-state index is 0.767. The predicted octanol–water partition coefficient (Wildman–Crippen LogP) is 10.3. The molecule has 1 heteroatoms. The first-order valence-electron chi connectivity index (χ1n) is 14.1. The van der Waals surface area contributed by atoms with Gasteiger partial charge in [0.25, 0.3) is 0 Å². The highest BCUT2D eigenvalue weighted by Gasteiger charge is 2.21. The molecule has 1 saturated carbocycles. The highest BCUT2D eigenvalue weighted by atomic mass is 16.5. The molecule has 0 unspecified atom stereocenters. The second-order valence-corrected chi connectivity index (χ2v) is 10.3. The first-order chi connectivity index (χ1) is 16.3. The highest BCUT2D eigenvalue weighted by Crippen LogP contribution is 2.37. The summed E-state index contributed by atoms with van der Waals surface area (Å²) in [5, 5.41) is 0. The van der Waals surface area contributed by atoms with Crippen LogP contribution in [0.25, 0.3) is 11.1 Å². The molecular formula is C32H48O. The van der Waals surface area contributed by atoms with E-state index in [1.165, 1.54) is 113 Å². The molecule has 1 aliphatic carbocycles. The standard InChI is InChI=1S/C32H48O/c1-3-5-6-7-8-9-10-11-12-13-26-33-32-24-22-31(23-25-32)30-20-18-29(19-21-30)28-16-14-27(4-2)15-17-28/h18-25,27-28H,3-17,26H2,1-2H3. The van der Waals surface area contributed by atoms with Crippen molar-refractivity contribution in [3.63, 3.8) is 0 Å². The predicted molar refractivity (Wildman–Crippen MR) is 144 cm³/mol. The molecule has 0 amide bonds. The summed E-state index contributed by atoms with van der Waals surface area (Å²) in [4.78, 5) is 0. The molecule has 2 aromatic rings. The molecular weight excluding hydrogens is 400 g/mol. The molecule has 0 N–H and O–H groups in total. The largest absolute Gasteiger partial charge is 0.494 e. The Morgan fingerprint density at radius 2 is 1.12 bits per heavy atom. The van der Waals surface area contributed by atoms with Gasteiger partial charge in [-0.3, -0.25) is 0 Å². The first kappa shape index (κ1) is 25.9. The van der Waals surface area contributed by atoms with Crippen molar-refractivity contribution in [3.05, 3.63) is 54.1 Å². The summed E-state index contributed by atoms with van der Waals surface area (Å²) in [5.41, 5.74) is 4.12. The summed E-state index contributed by atoms with van der Waals surface area (Å²) in [6.45, 7) is 5.46. The average Bonchev–Trinajstić information content (AvgIpc) is 2.88. The minimum Gasteiger partial charge on any atom is -0.494 e. The van der Waals surface area contributed by atoms with Crippen molar-refractivity contribution in [1.29, 1.82) is 0 Å². The summed E-state index contributed by atoms with van der Waals surface area (Å²) in [6, 6.07) is 18.0. The summed E-state index contributed by atoms with van der Waals surface area (Å²) in [7, 11) is 0. The van der Waals surface area contributed by atoms with Gasteiger partial charge < -0.3 is 4.74 Å². The molecule has 0 heterocycles. The van der Waals surface area contributed by atoms with Crippen molar-refractivity contribution in [1.82, 2.24) is 0 Å². The smallest absolute Gasteiger partial charge is 0.119 e. The third kappa shape index (κ3) is 9.19. The van der Waals surface area contributed by atoms with Gasteiger partial charge in [0.05, 0.1) is 6.61 Å². The van der Waals surface area contributed by atoms with E-state index in [1.807, 2.05) is 0 Å². The average molecular weight is 449 g/mol. The maximum Gasteiger partial charge on any atom is 0.119 e. The van der Waals surface area contributed by atoms with Gasteiger partial charge in [0.15, 0.2) is 0 Å². The maximum absolute atomic E-state index is 5.99. The van der Waals surface area contributed by atoms with Gasteiger partial charge in [0.1, 0.15) is 5.75 Å². The van der Waals surface area contributed by atoms with Crippen molar-refractivity contribution >= 4 is 0 Å². The number of unbranched alkanes of at least 4 members (excludes halogenated alkanes) is 9. The molecule has 1 aliphatic rings. The molecule has 0 bridgehead atoms. The summed E-state index contributed by atoms with van der Waals surface area (Å²) in [6.07, 6.45) is 20.5. The maximum atomic E-state index is 5.99. The van der Waals surface area contributed by atoms with E-state index in [0.29, 0.717) is 0 Å². The lowest BCUT2D eigenvalue weighted by Gasteiger charge is -2.28. The molecule has 182 valence electrons. The van der Waals surface area contributed by atoms with Gasteiger partial charge in [-0.25, -0.2) is 0 Å². The minimum atomic E-state index is 0.767. The molecule has 2 aromatic carbocycles. The fourth-order valence-corrected chi connectivity index (χ4v) is 5.37. The first-order valence-corrected chi connectivity index (χ1v) is 14.1. The number of ether oxygens (including phenoxy) is 1. The van der Waals surface area contributed by atoms with Crippen molar-refractivity contribution < 1.29 is 4.74 Å². The van der Waals surface area contributed by atoms with Crippen LogP contribution in [-0.4, -0.2) is 6.61 Å². The Labute approximate surface area is 204 Å². The van der Waals surface area contributed by atoms with E-state index in [2.05, 4.69) is 62.4 Å². The Morgan fingerprint density at radius 3 is 1.67 bits per heavy atom. The third-order valence-corrected chi connectivity index (χ3v) is 7.76. The van der Waals surface area contributed by atoms with Crippen LogP contribution in [0.15, 0.2) is 48.5 Å². The van der Waals surface area contributed by atoms with Crippen LogP contribution in [-0.2, 0) is 0 Å². The molecule has 0 spiro atoms. The van der Waals surface area contributed by atoms with E-state index in [-0.39, 0.29) is 0 Å².